The van der Waals surface area contributed by atoms with Gasteiger partial charge in [0.05, 0.1) is 6.04 Å². The molecule has 0 aliphatic heterocycles. The second kappa shape index (κ2) is 7.73. The SMILES string of the molecule is Cc1ccc(OCC(=O)N[C@H](C)c2ccc3c(c2)CCCC3)c(C)c1. The lowest BCUT2D eigenvalue weighted by Crippen LogP contribution is -2.31. The molecular formula is C22H27NO2. The molecule has 1 aliphatic rings. The number of benzene rings is 2. The zero-order valence-corrected chi connectivity index (χ0v) is 15.4. The minimum atomic E-state index is -0.0924. The Morgan fingerprint density at radius 1 is 1.08 bits per heavy atom. The summed E-state index contributed by atoms with van der Waals surface area (Å²) in [6.45, 7) is 6.11. The van der Waals surface area contributed by atoms with E-state index in [9.17, 15) is 4.79 Å². The lowest BCUT2D eigenvalue weighted by molar-refractivity contribution is -0.123. The van der Waals surface area contributed by atoms with Crippen LogP contribution in [-0.4, -0.2) is 12.5 Å². The first kappa shape index (κ1) is 17.5. The molecule has 0 spiro atoms. The zero-order valence-electron chi connectivity index (χ0n) is 15.4. The van der Waals surface area contributed by atoms with Gasteiger partial charge in [0.15, 0.2) is 6.61 Å². The fourth-order valence-corrected chi connectivity index (χ4v) is 3.49. The van der Waals surface area contributed by atoms with Gasteiger partial charge in [0.2, 0.25) is 0 Å². The Kier molecular flexibility index (Phi) is 5.42. The topological polar surface area (TPSA) is 38.3 Å². The highest BCUT2D eigenvalue weighted by Gasteiger charge is 2.14. The Morgan fingerprint density at radius 2 is 1.84 bits per heavy atom. The predicted octanol–water partition coefficient (Wildman–Crippen LogP) is 4.44. The Labute approximate surface area is 150 Å². The maximum Gasteiger partial charge on any atom is 0.258 e. The van der Waals surface area contributed by atoms with Crippen LogP contribution in [0.2, 0.25) is 0 Å². The third-order valence-corrected chi connectivity index (χ3v) is 4.94. The van der Waals surface area contributed by atoms with Crippen LogP contribution in [0.5, 0.6) is 5.75 Å². The van der Waals surface area contributed by atoms with Crippen molar-refractivity contribution in [1.82, 2.24) is 5.32 Å². The monoisotopic (exact) mass is 337 g/mol. The van der Waals surface area contributed by atoms with Gasteiger partial charge in [0.25, 0.3) is 5.91 Å². The van der Waals surface area contributed by atoms with Gasteiger partial charge in [0, 0.05) is 0 Å². The number of hydrogen-bond acceptors (Lipinski definition) is 2. The predicted molar refractivity (Wildman–Crippen MR) is 101 cm³/mol. The third kappa shape index (κ3) is 4.41. The van der Waals surface area contributed by atoms with Gasteiger partial charge >= 0.3 is 0 Å². The minimum Gasteiger partial charge on any atom is -0.484 e. The Hall–Kier alpha value is -2.29. The van der Waals surface area contributed by atoms with Gasteiger partial charge in [-0.3, -0.25) is 4.79 Å². The number of fused-ring (bicyclic) bond motifs is 1. The normalized spacial score (nSPS) is 14.5. The number of ether oxygens (including phenoxy) is 1. The molecule has 2 aromatic rings. The first-order valence-electron chi connectivity index (χ1n) is 9.14. The first-order chi connectivity index (χ1) is 12.0. The lowest BCUT2D eigenvalue weighted by atomic mass is 9.89. The number of carbonyl (C=O) groups is 1. The summed E-state index contributed by atoms with van der Waals surface area (Å²) in [5.74, 6) is 0.673. The van der Waals surface area contributed by atoms with Crippen molar-refractivity contribution >= 4 is 5.91 Å². The summed E-state index contributed by atoms with van der Waals surface area (Å²) in [6.07, 6.45) is 4.88. The first-order valence-corrected chi connectivity index (χ1v) is 9.14. The fraction of sp³-hybridized carbons (Fsp3) is 0.409. The minimum absolute atomic E-state index is 0.0116. The van der Waals surface area contributed by atoms with E-state index in [4.69, 9.17) is 4.74 Å². The van der Waals surface area contributed by atoms with E-state index in [1.165, 1.54) is 41.5 Å². The quantitative estimate of drug-likeness (QED) is 0.876. The van der Waals surface area contributed by atoms with E-state index in [0.29, 0.717) is 0 Å². The largest absolute Gasteiger partial charge is 0.484 e. The van der Waals surface area contributed by atoms with E-state index in [-0.39, 0.29) is 18.6 Å². The van der Waals surface area contributed by atoms with Gasteiger partial charge in [-0.2, -0.15) is 0 Å². The van der Waals surface area contributed by atoms with Gasteiger partial charge in [-0.1, -0.05) is 35.9 Å². The maximum absolute atomic E-state index is 12.2. The standard InChI is InChI=1S/C22H27NO2/c1-15-8-11-21(16(2)12-15)25-14-22(24)23-17(3)19-10-9-18-6-4-5-7-20(18)13-19/h8-13,17H,4-7,14H2,1-3H3,(H,23,24)/t17-/m1/s1. The molecule has 25 heavy (non-hydrogen) atoms. The van der Waals surface area contributed by atoms with Crippen molar-refractivity contribution in [3.8, 4) is 5.75 Å². The summed E-state index contributed by atoms with van der Waals surface area (Å²) in [4.78, 5) is 12.2. The van der Waals surface area contributed by atoms with E-state index >= 15 is 0 Å². The van der Waals surface area contributed by atoms with Crippen LogP contribution in [0.15, 0.2) is 36.4 Å². The molecule has 1 atom stereocenters. The molecule has 0 saturated heterocycles. The molecule has 1 N–H and O–H groups in total. The summed E-state index contributed by atoms with van der Waals surface area (Å²) in [5.41, 5.74) is 6.31. The van der Waals surface area contributed by atoms with Gasteiger partial charge in [-0.25, -0.2) is 0 Å². The molecule has 0 radical (unpaired) electrons. The van der Waals surface area contributed by atoms with Gasteiger partial charge in [-0.05, 0) is 74.8 Å². The second-order valence-corrected chi connectivity index (χ2v) is 7.08. The van der Waals surface area contributed by atoms with Crippen LogP contribution in [0, 0.1) is 13.8 Å². The number of rotatable bonds is 5. The van der Waals surface area contributed by atoms with Crippen molar-refractivity contribution in [3.05, 3.63) is 64.2 Å². The molecule has 0 saturated carbocycles. The van der Waals surface area contributed by atoms with Gasteiger partial charge in [-0.15, -0.1) is 0 Å². The van der Waals surface area contributed by atoms with E-state index in [1.54, 1.807) is 0 Å². The zero-order chi connectivity index (χ0) is 17.8. The average Bonchev–Trinajstić information content (AvgIpc) is 2.60. The molecule has 1 aliphatic carbocycles. The third-order valence-electron chi connectivity index (χ3n) is 4.94. The molecule has 0 unspecified atom stereocenters. The van der Waals surface area contributed by atoms with Crippen molar-refractivity contribution in [2.45, 2.75) is 52.5 Å². The van der Waals surface area contributed by atoms with Crippen molar-refractivity contribution in [3.63, 3.8) is 0 Å². The molecule has 3 nitrogen and oxygen atoms in total. The molecule has 3 heteroatoms. The highest BCUT2D eigenvalue weighted by atomic mass is 16.5. The maximum atomic E-state index is 12.2. The summed E-state index contributed by atoms with van der Waals surface area (Å²) in [7, 11) is 0. The summed E-state index contributed by atoms with van der Waals surface area (Å²) < 4.78 is 5.67. The Morgan fingerprint density at radius 3 is 2.60 bits per heavy atom. The molecule has 2 aromatic carbocycles. The van der Waals surface area contributed by atoms with E-state index in [2.05, 4.69) is 29.6 Å². The molecule has 3 rings (SSSR count). The number of hydrogen-bond donors (Lipinski definition) is 1. The second-order valence-electron chi connectivity index (χ2n) is 7.08. The van der Waals surface area contributed by atoms with Crippen LogP contribution in [-0.2, 0) is 17.6 Å². The highest BCUT2D eigenvalue weighted by Crippen LogP contribution is 2.25. The summed E-state index contributed by atoms with van der Waals surface area (Å²) in [6, 6.07) is 12.6. The molecule has 1 amide bonds. The Bertz CT molecular complexity index is 767. The number of amides is 1. The van der Waals surface area contributed by atoms with Crippen molar-refractivity contribution < 1.29 is 9.53 Å². The van der Waals surface area contributed by atoms with Crippen LogP contribution in [0.25, 0.3) is 0 Å². The molecule has 0 bridgehead atoms. The molecule has 132 valence electrons. The number of aryl methyl sites for hydroxylation is 4. The van der Waals surface area contributed by atoms with Crippen LogP contribution in [0.3, 0.4) is 0 Å². The van der Waals surface area contributed by atoms with Crippen LogP contribution in [0.4, 0.5) is 0 Å². The average molecular weight is 337 g/mol. The van der Waals surface area contributed by atoms with E-state index in [1.807, 2.05) is 32.9 Å². The van der Waals surface area contributed by atoms with Crippen LogP contribution >= 0.6 is 0 Å². The summed E-state index contributed by atoms with van der Waals surface area (Å²) >= 11 is 0. The lowest BCUT2D eigenvalue weighted by Gasteiger charge is -2.20. The van der Waals surface area contributed by atoms with Crippen LogP contribution < -0.4 is 10.1 Å². The Balaban J connectivity index is 1.57. The van der Waals surface area contributed by atoms with Crippen LogP contribution in [0.1, 0.15) is 53.6 Å². The number of nitrogens with one attached hydrogen (secondary N) is 1. The van der Waals surface area contributed by atoms with Crippen molar-refractivity contribution in [1.29, 1.82) is 0 Å². The van der Waals surface area contributed by atoms with Gasteiger partial charge in [0.1, 0.15) is 5.75 Å². The van der Waals surface area contributed by atoms with E-state index < -0.39 is 0 Å². The smallest absolute Gasteiger partial charge is 0.258 e. The van der Waals surface area contributed by atoms with Crippen molar-refractivity contribution in [2.24, 2.45) is 0 Å². The van der Waals surface area contributed by atoms with Gasteiger partial charge < -0.3 is 10.1 Å². The van der Waals surface area contributed by atoms with Crippen molar-refractivity contribution in [2.75, 3.05) is 6.61 Å². The molecule has 0 aromatic heterocycles. The highest BCUT2D eigenvalue weighted by molar-refractivity contribution is 5.78. The fourth-order valence-electron chi connectivity index (χ4n) is 3.49. The molecule has 0 heterocycles. The molecular weight excluding hydrogens is 310 g/mol. The molecule has 0 fully saturated rings. The number of carbonyl (C=O) groups excluding carboxylic acids is 1. The summed E-state index contributed by atoms with van der Waals surface area (Å²) in [5, 5.41) is 3.04. The van der Waals surface area contributed by atoms with E-state index in [0.717, 1.165) is 17.7 Å².